The van der Waals surface area contributed by atoms with Crippen molar-refractivity contribution in [2.45, 2.75) is 25.8 Å². The lowest BCUT2D eigenvalue weighted by Crippen LogP contribution is -2.23. The van der Waals surface area contributed by atoms with Gasteiger partial charge in [0.25, 0.3) is 6.43 Å². The van der Waals surface area contributed by atoms with E-state index in [0.717, 1.165) is 6.20 Å². The highest BCUT2D eigenvalue weighted by Crippen LogP contribution is 2.19. The van der Waals surface area contributed by atoms with E-state index in [-0.39, 0.29) is 12.6 Å². The van der Waals surface area contributed by atoms with Crippen LogP contribution in [0.2, 0.25) is 0 Å². The molecule has 1 unspecified atom stereocenters. The van der Waals surface area contributed by atoms with Gasteiger partial charge in [-0.25, -0.2) is 13.2 Å². The Balaban J connectivity index is 2.52. The molecule has 1 aromatic rings. The van der Waals surface area contributed by atoms with Crippen molar-refractivity contribution in [1.29, 1.82) is 0 Å². The molecule has 102 valence electrons. The second-order valence-electron chi connectivity index (χ2n) is 3.76. The summed E-state index contributed by atoms with van der Waals surface area (Å²) in [6.45, 7) is 2.12. The molecule has 1 heterocycles. The van der Waals surface area contributed by atoms with Gasteiger partial charge in [0, 0.05) is 24.4 Å². The van der Waals surface area contributed by atoms with Gasteiger partial charge in [-0.05, 0) is 19.0 Å². The van der Waals surface area contributed by atoms with Crippen molar-refractivity contribution in [2.24, 2.45) is 0 Å². The van der Waals surface area contributed by atoms with Crippen molar-refractivity contribution >= 4 is 0 Å². The number of hydrogen-bond acceptors (Lipinski definition) is 3. The Kier molecular flexibility index (Phi) is 6.67. The number of alkyl halides is 2. The molecule has 0 fully saturated rings. The maximum atomic E-state index is 13.5. The standard InChI is InChI=1S/C12H17F3N2O/c1-2-17-11(4-6-18-8-12(14)15)9-3-5-16-7-10(9)13/h3,5,7,11-12,17H,2,4,6,8H2,1H3. The number of hydrogen-bond donors (Lipinski definition) is 1. The summed E-state index contributed by atoms with van der Waals surface area (Å²) in [4.78, 5) is 3.67. The minimum Gasteiger partial charge on any atom is -0.375 e. The highest BCUT2D eigenvalue weighted by Gasteiger charge is 2.14. The molecule has 0 bridgehead atoms. The van der Waals surface area contributed by atoms with E-state index in [1.165, 1.54) is 6.20 Å². The number of rotatable bonds is 8. The maximum absolute atomic E-state index is 13.5. The molecule has 0 saturated heterocycles. The van der Waals surface area contributed by atoms with Gasteiger partial charge in [-0.3, -0.25) is 4.98 Å². The molecule has 0 aliphatic carbocycles. The van der Waals surface area contributed by atoms with Crippen LogP contribution in [0.15, 0.2) is 18.5 Å². The van der Waals surface area contributed by atoms with Crippen molar-refractivity contribution in [2.75, 3.05) is 19.8 Å². The van der Waals surface area contributed by atoms with Crippen LogP contribution in [0.4, 0.5) is 13.2 Å². The lowest BCUT2D eigenvalue weighted by molar-refractivity contribution is 0.0143. The average Bonchev–Trinajstić information content (AvgIpc) is 2.34. The van der Waals surface area contributed by atoms with Crippen molar-refractivity contribution < 1.29 is 17.9 Å². The summed E-state index contributed by atoms with van der Waals surface area (Å²) in [7, 11) is 0. The Hall–Kier alpha value is -1.14. The zero-order valence-electron chi connectivity index (χ0n) is 10.2. The number of nitrogens with one attached hydrogen (secondary N) is 1. The summed E-state index contributed by atoms with van der Waals surface area (Å²) < 4.78 is 42.1. The zero-order chi connectivity index (χ0) is 13.4. The lowest BCUT2D eigenvalue weighted by atomic mass is 10.1. The second kappa shape index (κ2) is 8.05. The highest BCUT2D eigenvalue weighted by molar-refractivity contribution is 5.17. The number of aromatic nitrogens is 1. The van der Waals surface area contributed by atoms with E-state index in [1.807, 2.05) is 6.92 Å². The van der Waals surface area contributed by atoms with Crippen LogP contribution in [0.5, 0.6) is 0 Å². The Bertz CT molecular complexity index is 350. The van der Waals surface area contributed by atoms with E-state index in [0.29, 0.717) is 18.5 Å². The summed E-state index contributed by atoms with van der Waals surface area (Å²) in [6.07, 6.45) is 0.601. The quantitative estimate of drug-likeness (QED) is 0.731. The van der Waals surface area contributed by atoms with Gasteiger partial charge in [-0.2, -0.15) is 0 Å². The molecule has 1 rings (SSSR count). The fraction of sp³-hybridized carbons (Fsp3) is 0.583. The molecule has 1 N–H and O–H groups in total. The third-order valence-electron chi connectivity index (χ3n) is 2.42. The summed E-state index contributed by atoms with van der Waals surface area (Å²) >= 11 is 0. The molecular weight excluding hydrogens is 245 g/mol. The van der Waals surface area contributed by atoms with Crippen LogP contribution in [-0.4, -0.2) is 31.2 Å². The summed E-state index contributed by atoms with van der Waals surface area (Å²) in [6, 6.07) is 1.33. The van der Waals surface area contributed by atoms with Crippen LogP contribution in [0, 0.1) is 5.82 Å². The van der Waals surface area contributed by atoms with E-state index in [4.69, 9.17) is 4.74 Å². The predicted molar refractivity (Wildman–Crippen MR) is 62.1 cm³/mol. The van der Waals surface area contributed by atoms with Crippen molar-refractivity contribution in [3.8, 4) is 0 Å². The van der Waals surface area contributed by atoms with Crippen LogP contribution in [0.1, 0.15) is 24.9 Å². The smallest absolute Gasteiger partial charge is 0.261 e. The molecule has 0 radical (unpaired) electrons. The van der Waals surface area contributed by atoms with E-state index in [9.17, 15) is 13.2 Å². The summed E-state index contributed by atoms with van der Waals surface area (Å²) in [5.41, 5.74) is 0.479. The first-order valence-electron chi connectivity index (χ1n) is 5.83. The largest absolute Gasteiger partial charge is 0.375 e. The van der Waals surface area contributed by atoms with Gasteiger partial charge in [0.1, 0.15) is 12.4 Å². The molecule has 0 amide bonds. The molecule has 1 atom stereocenters. The molecule has 1 aromatic heterocycles. The van der Waals surface area contributed by atoms with Crippen molar-refractivity contribution in [1.82, 2.24) is 10.3 Å². The monoisotopic (exact) mass is 262 g/mol. The lowest BCUT2D eigenvalue weighted by Gasteiger charge is -2.18. The number of pyridine rings is 1. The fourth-order valence-corrected chi connectivity index (χ4v) is 1.66. The second-order valence-corrected chi connectivity index (χ2v) is 3.76. The SMILES string of the molecule is CCNC(CCOCC(F)F)c1ccncc1F. The summed E-state index contributed by atoms with van der Waals surface area (Å²) in [5, 5.41) is 3.09. The van der Waals surface area contributed by atoms with Gasteiger partial charge in [-0.1, -0.05) is 6.92 Å². The zero-order valence-corrected chi connectivity index (χ0v) is 10.2. The first-order chi connectivity index (χ1) is 8.65. The Morgan fingerprint density at radius 3 is 2.83 bits per heavy atom. The van der Waals surface area contributed by atoms with Crippen LogP contribution >= 0.6 is 0 Å². The average molecular weight is 262 g/mol. The van der Waals surface area contributed by atoms with Gasteiger partial charge < -0.3 is 10.1 Å². The molecular formula is C12H17F3N2O. The third-order valence-corrected chi connectivity index (χ3v) is 2.42. The van der Waals surface area contributed by atoms with Gasteiger partial charge in [0.15, 0.2) is 0 Å². The molecule has 0 aliphatic rings. The highest BCUT2D eigenvalue weighted by atomic mass is 19.3. The minimum atomic E-state index is -2.47. The molecule has 3 nitrogen and oxygen atoms in total. The predicted octanol–water partition coefficient (Wildman–Crippen LogP) is 2.54. The number of ether oxygens (including phenoxy) is 1. The first-order valence-corrected chi connectivity index (χ1v) is 5.83. The third kappa shape index (κ3) is 5.01. The Morgan fingerprint density at radius 1 is 1.44 bits per heavy atom. The van der Waals surface area contributed by atoms with Crippen LogP contribution in [0.3, 0.4) is 0 Å². The van der Waals surface area contributed by atoms with E-state index >= 15 is 0 Å². The normalized spacial score (nSPS) is 12.9. The van der Waals surface area contributed by atoms with Gasteiger partial charge in [0.05, 0.1) is 6.20 Å². The number of nitrogens with zero attached hydrogens (tertiary/aromatic N) is 1. The van der Waals surface area contributed by atoms with Crippen LogP contribution < -0.4 is 5.32 Å². The topological polar surface area (TPSA) is 34.1 Å². The molecule has 6 heteroatoms. The Morgan fingerprint density at radius 2 is 2.22 bits per heavy atom. The maximum Gasteiger partial charge on any atom is 0.261 e. The Labute approximate surface area is 104 Å². The van der Waals surface area contributed by atoms with Gasteiger partial charge in [0.2, 0.25) is 0 Å². The minimum absolute atomic E-state index is 0.157. The van der Waals surface area contributed by atoms with Crippen molar-refractivity contribution in [3.63, 3.8) is 0 Å². The van der Waals surface area contributed by atoms with Gasteiger partial charge >= 0.3 is 0 Å². The summed E-state index contributed by atoms with van der Waals surface area (Å²) in [5.74, 6) is -0.405. The van der Waals surface area contributed by atoms with Crippen LogP contribution in [0.25, 0.3) is 0 Å². The fourth-order valence-electron chi connectivity index (χ4n) is 1.66. The molecule has 0 aromatic carbocycles. The molecule has 18 heavy (non-hydrogen) atoms. The van der Waals surface area contributed by atoms with E-state index in [2.05, 4.69) is 10.3 Å². The number of halogens is 3. The first kappa shape index (κ1) is 14.9. The van der Waals surface area contributed by atoms with E-state index in [1.54, 1.807) is 6.07 Å². The molecule has 0 saturated carbocycles. The van der Waals surface area contributed by atoms with Gasteiger partial charge in [-0.15, -0.1) is 0 Å². The van der Waals surface area contributed by atoms with Crippen molar-refractivity contribution in [3.05, 3.63) is 29.8 Å². The van der Waals surface area contributed by atoms with Crippen LogP contribution in [-0.2, 0) is 4.74 Å². The molecule has 0 aliphatic heterocycles. The van der Waals surface area contributed by atoms with E-state index < -0.39 is 18.8 Å². The molecule has 0 spiro atoms.